The highest BCUT2D eigenvalue weighted by Crippen LogP contribution is 2.04. The lowest BCUT2D eigenvalue weighted by Gasteiger charge is -2.11. The van der Waals surface area contributed by atoms with Crippen LogP contribution >= 0.6 is 0 Å². The quantitative estimate of drug-likeness (QED) is 0.483. The zero-order valence-corrected chi connectivity index (χ0v) is 7.50. The molecule has 12 heavy (non-hydrogen) atoms. The van der Waals surface area contributed by atoms with Crippen LogP contribution in [0.5, 0.6) is 0 Å². The van der Waals surface area contributed by atoms with Gasteiger partial charge in [-0.2, -0.15) is 0 Å². The molecule has 0 heterocycles. The first-order chi connectivity index (χ1) is 5.57. The molecule has 0 fully saturated rings. The summed E-state index contributed by atoms with van der Waals surface area (Å²) in [5.74, 6) is -0.726. The number of carbonyl (C=O) groups is 1. The van der Waals surface area contributed by atoms with Crippen LogP contribution in [-0.4, -0.2) is 17.6 Å². The van der Waals surface area contributed by atoms with Crippen LogP contribution in [0.4, 0.5) is 0 Å². The van der Waals surface area contributed by atoms with Gasteiger partial charge in [0.2, 0.25) is 0 Å². The SMILES string of the molecule is C=CCN/C(=C\C(=O)O)C(C)C. The third-order valence-electron chi connectivity index (χ3n) is 1.35. The molecule has 0 aromatic rings. The van der Waals surface area contributed by atoms with Crippen molar-refractivity contribution in [2.24, 2.45) is 5.92 Å². The molecule has 0 radical (unpaired) electrons. The lowest BCUT2D eigenvalue weighted by Crippen LogP contribution is -2.18. The van der Waals surface area contributed by atoms with Gasteiger partial charge in [0.05, 0.1) is 0 Å². The second-order valence-electron chi connectivity index (χ2n) is 2.76. The van der Waals surface area contributed by atoms with E-state index in [9.17, 15) is 4.79 Å². The fourth-order valence-corrected chi connectivity index (χ4v) is 0.745. The predicted octanol–water partition coefficient (Wildman–Crippen LogP) is 1.39. The van der Waals surface area contributed by atoms with Crippen LogP contribution in [0.15, 0.2) is 24.4 Å². The monoisotopic (exact) mass is 169 g/mol. The molecule has 3 nitrogen and oxygen atoms in total. The highest BCUT2D eigenvalue weighted by Gasteiger charge is 2.03. The Hall–Kier alpha value is -1.25. The molecule has 0 saturated carbocycles. The smallest absolute Gasteiger partial charge is 0.330 e. The van der Waals surface area contributed by atoms with Crippen molar-refractivity contribution in [3.8, 4) is 0 Å². The Kier molecular flexibility index (Phi) is 4.84. The Bertz CT molecular complexity index is 195. The van der Waals surface area contributed by atoms with Gasteiger partial charge in [-0.25, -0.2) is 4.79 Å². The van der Waals surface area contributed by atoms with Gasteiger partial charge < -0.3 is 10.4 Å². The minimum absolute atomic E-state index is 0.195. The van der Waals surface area contributed by atoms with Crippen LogP contribution in [0.2, 0.25) is 0 Å². The van der Waals surface area contributed by atoms with E-state index < -0.39 is 5.97 Å². The van der Waals surface area contributed by atoms with Crippen LogP contribution in [0, 0.1) is 5.92 Å². The number of rotatable bonds is 5. The highest BCUT2D eigenvalue weighted by molar-refractivity contribution is 5.80. The zero-order chi connectivity index (χ0) is 9.56. The topological polar surface area (TPSA) is 49.3 Å². The normalized spacial score (nSPS) is 11.4. The molecule has 0 aliphatic heterocycles. The van der Waals surface area contributed by atoms with Crippen LogP contribution in [0.1, 0.15) is 13.8 Å². The second kappa shape index (κ2) is 5.41. The van der Waals surface area contributed by atoms with Crippen LogP contribution < -0.4 is 5.32 Å². The largest absolute Gasteiger partial charge is 0.478 e. The van der Waals surface area contributed by atoms with E-state index in [0.717, 1.165) is 5.70 Å². The number of hydrogen-bond acceptors (Lipinski definition) is 2. The molecular formula is C9H15NO2. The molecule has 2 N–H and O–H groups in total. The van der Waals surface area contributed by atoms with E-state index in [2.05, 4.69) is 11.9 Å². The summed E-state index contributed by atoms with van der Waals surface area (Å²) in [6, 6.07) is 0. The number of carboxylic acid groups (broad SMARTS) is 1. The van der Waals surface area contributed by atoms with Gasteiger partial charge >= 0.3 is 5.97 Å². The lowest BCUT2D eigenvalue weighted by atomic mass is 10.1. The minimum Gasteiger partial charge on any atom is -0.478 e. The third kappa shape index (κ3) is 4.55. The van der Waals surface area contributed by atoms with E-state index >= 15 is 0 Å². The summed E-state index contributed by atoms with van der Waals surface area (Å²) < 4.78 is 0. The summed E-state index contributed by atoms with van der Waals surface area (Å²) in [7, 11) is 0. The average Bonchev–Trinajstić information content (AvgIpc) is 1.96. The van der Waals surface area contributed by atoms with E-state index in [0.29, 0.717) is 6.54 Å². The van der Waals surface area contributed by atoms with E-state index in [-0.39, 0.29) is 5.92 Å². The summed E-state index contributed by atoms with van der Waals surface area (Å²) in [5.41, 5.74) is 0.724. The Morgan fingerprint density at radius 2 is 2.25 bits per heavy atom. The maximum atomic E-state index is 10.3. The molecule has 0 aliphatic rings. The van der Waals surface area contributed by atoms with Crippen molar-refractivity contribution in [1.29, 1.82) is 0 Å². The van der Waals surface area contributed by atoms with Crippen LogP contribution in [0.3, 0.4) is 0 Å². The molecule has 0 aliphatic carbocycles. The van der Waals surface area contributed by atoms with Gasteiger partial charge in [-0.1, -0.05) is 19.9 Å². The predicted molar refractivity (Wildman–Crippen MR) is 48.8 cm³/mol. The number of carboxylic acids is 1. The lowest BCUT2D eigenvalue weighted by molar-refractivity contribution is -0.131. The van der Waals surface area contributed by atoms with Gasteiger partial charge in [0.15, 0.2) is 0 Å². The standard InChI is InChI=1S/C9H15NO2/c1-4-5-10-8(7(2)3)6-9(11)12/h4,6-7,10H,1,5H2,2-3H3,(H,11,12)/b8-6-. The molecule has 0 aromatic carbocycles. The summed E-state index contributed by atoms with van der Waals surface area (Å²) in [5, 5.41) is 11.5. The number of aliphatic carboxylic acids is 1. The Morgan fingerprint density at radius 3 is 2.58 bits per heavy atom. The minimum atomic E-state index is -0.921. The summed E-state index contributed by atoms with van der Waals surface area (Å²) >= 11 is 0. The van der Waals surface area contributed by atoms with Crippen molar-refractivity contribution in [2.45, 2.75) is 13.8 Å². The maximum absolute atomic E-state index is 10.3. The molecule has 0 rings (SSSR count). The van der Waals surface area contributed by atoms with Gasteiger partial charge in [-0.3, -0.25) is 0 Å². The number of nitrogens with one attached hydrogen (secondary N) is 1. The number of hydrogen-bond donors (Lipinski definition) is 2. The van der Waals surface area contributed by atoms with Crippen molar-refractivity contribution in [1.82, 2.24) is 5.32 Å². The van der Waals surface area contributed by atoms with E-state index in [4.69, 9.17) is 5.11 Å². The van der Waals surface area contributed by atoms with Crippen LogP contribution in [-0.2, 0) is 4.79 Å². The van der Waals surface area contributed by atoms with Crippen LogP contribution in [0.25, 0.3) is 0 Å². The molecular weight excluding hydrogens is 154 g/mol. The fourth-order valence-electron chi connectivity index (χ4n) is 0.745. The molecule has 0 aromatic heterocycles. The van der Waals surface area contributed by atoms with Gasteiger partial charge in [-0.15, -0.1) is 6.58 Å². The Labute approximate surface area is 72.8 Å². The molecule has 0 amide bonds. The summed E-state index contributed by atoms with van der Waals surface area (Å²) in [6.07, 6.45) is 2.88. The molecule has 3 heteroatoms. The molecule has 0 unspecified atom stereocenters. The first kappa shape index (κ1) is 10.8. The van der Waals surface area contributed by atoms with Gasteiger partial charge in [-0.05, 0) is 5.92 Å². The third-order valence-corrected chi connectivity index (χ3v) is 1.35. The van der Waals surface area contributed by atoms with Gasteiger partial charge in [0.1, 0.15) is 0 Å². The van der Waals surface area contributed by atoms with Crippen molar-refractivity contribution >= 4 is 5.97 Å². The molecule has 0 spiro atoms. The fraction of sp³-hybridized carbons (Fsp3) is 0.444. The van der Waals surface area contributed by atoms with Crippen molar-refractivity contribution < 1.29 is 9.90 Å². The van der Waals surface area contributed by atoms with Crippen molar-refractivity contribution in [3.63, 3.8) is 0 Å². The Balaban J connectivity index is 4.22. The highest BCUT2D eigenvalue weighted by atomic mass is 16.4. The Morgan fingerprint density at radius 1 is 1.67 bits per heavy atom. The average molecular weight is 169 g/mol. The molecule has 68 valence electrons. The maximum Gasteiger partial charge on any atom is 0.330 e. The molecule has 0 saturated heterocycles. The first-order valence-electron chi connectivity index (χ1n) is 3.87. The molecule has 0 atom stereocenters. The summed E-state index contributed by atoms with van der Waals surface area (Å²) in [4.78, 5) is 10.3. The van der Waals surface area contributed by atoms with Gasteiger partial charge in [0, 0.05) is 18.3 Å². The van der Waals surface area contributed by atoms with E-state index in [1.807, 2.05) is 13.8 Å². The van der Waals surface area contributed by atoms with E-state index in [1.54, 1.807) is 6.08 Å². The molecule has 0 bridgehead atoms. The summed E-state index contributed by atoms with van der Waals surface area (Å²) in [6.45, 7) is 8.00. The van der Waals surface area contributed by atoms with Crippen molar-refractivity contribution in [2.75, 3.05) is 6.54 Å². The van der Waals surface area contributed by atoms with Gasteiger partial charge in [0.25, 0.3) is 0 Å². The van der Waals surface area contributed by atoms with E-state index in [1.165, 1.54) is 6.08 Å². The van der Waals surface area contributed by atoms with Crippen molar-refractivity contribution in [3.05, 3.63) is 24.4 Å². The first-order valence-corrected chi connectivity index (χ1v) is 3.87. The number of allylic oxidation sites excluding steroid dienone is 1. The second-order valence-corrected chi connectivity index (χ2v) is 2.76. The zero-order valence-electron chi connectivity index (χ0n) is 7.50.